The molecule has 3 nitrogen and oxygen atoms in total. The largest absolute Gasteiger partial charge is 0.478 e. The van der Waals surface area contributed by atoms with Crippen LogP contribution in [0.4, 0.5) is 0 Å². The van der Waals surface area contributed by atoms with Crippen molar-refractivity contribution in [1.82, 2.24) is 5.32 Å². The molecule has 26 heavy (non-hydrogen) atoms. The van der Waals surface area contributed by atoms with Crippen molar-refractivity contribution in [2.24, 2.45) is 16.7 Å². The number of nitrogens with one attached hydrogen (secondary N) is 1. The van der Waals surface area contributed by atoms with Crippen LogP contribution in [0, 0.1) is 16.7 Å². The number of amides is 1. The van der Waals surface area contributed by atoms with Crippen molar-refractivity contribution in [3.63, 3.8) is 0 Å². The number of halogens is 1. The lowest BCUT2D eigenvalue weighted by atomic mass is 9.42. The summed E-state index contributed by atoms with van der Waals surface area (Å²) >= 11 is 5.94. The van der Waals surface area contributed by atoms with E-state index in [4.69, 9.17) is 16.3 Å². The van der Waals surface area contributed by atoms with Crippen molar-refractivity contribution in [2.45, 2.75) is 77.4 Å². The van der Waals surface area contributed by atoms with E-state index in [0.29, 0.717) is 21.6 Å². The fourth-order valence-corrected chi connectivity index (χ4v) is 6.95. The first kappa shape index (κ1) is 18.2. The smallest absolute Gasteiger partial charge is 0.264 e. The standard InChI is InChI=1S/C22H30ClNO2/c1-19(2,26-17-7-5-16(23)6-8-17)18(25)24-22-11-15-9-20(3,13-22)12-21(4,10-15)14-22/h5-8,15H,9-14H2,1-4H3,(H,24,25). The van der Waals surface area contributed by atoms with Gasteiger partial charge in [0.05, 0.1) is 0 Å². The van der Waals surface area contributed by atoms with Gasteiger partial charge in [-0.2, -0.15) is 0 Å². The zero-order valence-corrected chi connectivity index (χ0v) is 17.1. The quantitative estimate of drug-likeness (QED) is 0.768. The van der Waals surface area contributed by atoms with Gasteiger partial charge in [0.15, 0.2) is 5.60 Å². The van der Waals surface area contributed by atoms with Gasteiger partial charge in [0.1, 0.15) is 5.75 Å². The molecule has 1 N–H and O–H groups in total. The third-order valence-electron chi connectivity index (χ3n) is 6.74. The van der Waals surface area contributed by atoms with Gasteiger partial charge in [0.25, 0.3) is 5.91 Å². The van der Waals surface area contributed by atoms with Crippen LogP contribution in [0.25, 0.3) is 0 Å². The SMILES string of the molecule is CC12CC3CC(C)(C1)CC(NC(=O)C(C)(C)Oc1ccc(Cl)cc1)(C3)C2. The van der Waals surface area contributed by atoms with Gasteiger partial charge >= 0.3 is 0 Å². The highest BCUT2D eigenvalue weighted by Gasteiger charge is 2.61. The summed E-state index contributed by atoms with van der Waals surface area (Å²) in [5, 5.41) is 4.12. The van der Waals surface area contributed by atoms with Gasteiger partial charge < -0.3 is 10.1 Å². The van der Waals surface area contributed by atoms with E-state index in [1.807, 2.05) is 26.0 Å². The first-order valence-corrected chi connectivity index (χ1v) is 10.2. The molecule has 1 aromatic carbocycles. The Balaban J connectivity index is 1.51. The van der Waals surface area contributed by atoms with Crippen LogP contribution < -0.4 is 10.1 Å². The highest BCUT2D eigenvalue weighted by molar-refractivity contribution is 6.30. The molecule has 4 heteroatoms. The maximum Gasteiger partial charge on any atom is 0.264 e. The molecule has 4 fully saturated rings. The van der Waals surface area contributed by atoms with E-state index in [2.05, 4.69) is 19.2 Å². The molecule has 142 valence electrons. The average molecular weight is 376 g/mol. The summed E-state index contributed by atoms with van der Waals surface area (Å²) in [7, 11) is 0. The lowest BCUT2D eigenvalue weighted by Gasteiger charge is -2.65. The number of carbonyl (C=O) groups excluding carboxylic acids is 1. The molecule has 1 aromatic rings. The summed E-state index contributed by atoms with van der Waals surface area (Å²) in [4.78, 5) is 13.2. The zero-order valence-electron chi connectivity index (χ0n) is 16.3. The highest BCUT2D eigenvalue weighted by Crippen LogP contribution is 2.66. The minimum absolute atomic E-state index is 0.0124. The number of carbonyl (C=O) groups is 1. The Labute approximate surface area is 161 Å². The second kappa shape index (κ2) is 5.64. The van der Waals surface area contributed by atoms with Gasteiger partial charge in [-0.3, -0.25) is 4.79 Å². The van der Waals surface area contributed by atoms with Gasteiger partial charge in [0.2, 0.25) is 0 Å². The normalized spacial score (nSPS) is 38.3. The first-order chi connectivity index (χ1) is 12.0. The Hall–Kier alpha value is -1.22. The Morgan fingerprint density at radius 3 is 2.19 bits per heavy atom. The third-order valence-corrected chi connectivity index (χ3v) is 6.99. The lowest BCUT2D eigenvalue weighted by molar-refractivity contribution is -0.150. The third kappa shape index (κ3) is 3.24. The van der Waals surface area contributed by atoms with Gasteiger partial charge in [0, 0.05) is 10.6 Å². The second-order valence-corrected chi connectivity index (χ2v) is 10.9. The molecule has 0 radical (unpaired) electrons. The fourth-order valence-electron chi connectivity index (χ4n) is 6.82. The zero-order chi connectivity index (χ0) is 18.8. The van der Waals surface area contributed by atoms with Crippen LogP contribution in [0.2, 0.25) is 5.02 Å². The van der Waals surface area contributed by atoms with Crippen molar-refractivity contribution in [2.75, 3.05) is 0 Å². The Morgan fingerprint density at radius 2 is 1.65 bits per heavy atom. The molecule has 4 aliphatic carbocycles. The summed E-state index contributed by atoms with van der Waals surface area (Å²) < 4.78 is 6.01. The van der Waals surface area contributed by atoms with E-state index in [1.165, 1.54) is 19.3 Å². The van der Waals surface area contributed by atoms with Crippen LogP contribution in [-0.4, -0.2) is 17.0 Å². The van der Waals surface area contributed by atoms with Gasteiger partial charge in [-0.15, -0.1) is 0 Å². The minimum atomic E-state index is -0.918. The number of benzene rings is 1. The monoisotopic (exact) mass is 375 g/mol. The van der Waals surface area contributed by atoms with Crippen molar-refractivity contribution in [1.29, 1.82) is 0 Å². The molecule has 0 heterocycles. The fraction of sp³-hybridized carbons (Fsp3) is 0.682. The summed E-state index contributed by atoms with van der Waals surface area (Å²) in [5.41, 5.74) is -0.217. The van der Waals surface area contributed by atoms with E-state index >= 15 is 0 Å². The van der Waals surface area contributed by atoms with E-state index in [1.54, 1.807) is 12.1 Å². The molecule has 4 bridgehead atoms. The van der Waals surface area contributed by atoms with Crippen LogP contribution in [0.5, 0.6) is 5.75 Å². The van der Waals surface area contributed by atoms with Crippen molar-refractivity contribution < 1.29 is 9.53 Å². The van der Waals surface area contributed by atoms with Crippen LogP contribution >= 0.6 is 11.6 Å². The van der Waals surface area contributed by atoms with E-state index in [9.17, 15) is 4.79 Å². The summed E-state index contributed by atoms with van der Waals surface area (Å²) in [6, 6.07) is 7.19. The number of rotatable bonds is 4. The lowest BCUT2D eigenvalue weighted by Crippen LogP contribution is -2.67. The Bertz CT molecular complexity index is 708. The second-order valence-electron chi connectivity index (χ2n) is 10.4. The predicted octanol–water partition coefficient (Wildman–Crippen LogP) is 5.36. The van der Waals surface area contributed by atoms with Gasteiger partial charge in [-0.05, 0) is 93.4 Å². The molecule has 1 amide bonds. The average Bonchev–Trinajstić information content (AvgIpc) is 2.45. The Kier molecular flexibility index (Phi) is 3.94. The summed E-state index contributed by atoms with van der Waals surface area (Å²) in [6.07, 6.45) is 7.29. The first-order valence-electron chi connectivity index (χ1n) is 9.78. The predicted molar refractivity (Wildman–Crippen MR) is 104 cm³/mol. The molecule has 0 aliphatic heterocycles. The minimum Gasteiger partial charge on any atom is -0.478 e. The maximum absolute atomic E-state index is 13.2. The summed E-state index contributed by atoms with van der Waals surface area (Å²) in [6.45, 7) is 8.54. The van der Waals surface area contributed by atoms with Gasteiger partial charge in [-0.25, -0.2) is 0 Å². The number of hydrogen-bond donors (Lipinski definition) is 1. The number of ether oxygens (including phenoxy) is 1. The van der Waals surface area contributed by atoms with Crippen LogP contribution in [0.15, 0.2) is 24.3 Å². The van der Waals surface area contributed by atoms with Gasteiger partial charge in [-0.1, -0.05) is 25.4 Å². The molecule has 0 aromatic heterocycles. The molecular formula is C22H30ClNO2. The molecule has 0 spiro atoms. The molecule has 2 atom stereocenters. The molecule has 0 saturated heterocycles. The number of hydrogen-bond acceptors (Lipinski definition) is 2. The van der Waals surface area contributed by atoms with Crippen molar-refractivity contribution in [3.05, 3.63) is 29.3 Å². The Morgan fingerprint density at radius 1 is 1.08 bits per heavy atom. The van der Waals surface area contributed by atoms with Crippen LogP contribution in [0.3, 0.4) is 0 Å². The summed E-state index contributed by atoms with van der Waals surface area (Å²) in [5.74, 6) is 1.41. The molecule has 5 rings (SSSR count). The van der Waals surface area contributed by atoms with E-state index in [0.717, 1.165) is 25.2 Å². The van der Waals surface area contributed by atoms with Crippen molar-refractivity contribution >= 4 is 17.5 Å². The molecule has 2 unspecified atom stereocenters. The van der Waals surface area contributed by atoms with Crippen LogP contribution in [-0.2, 0) is 4.79 Å². The van der Waals surface area contributed by atoms with Crippen LogP contribution in [0.1, 0.15) is 66.2 Å². The van der Waals surface area contributed by atoms with Crippen molar-refractivity contribution in [3.8, 4) is 5.75 Å². The van der Waals surface area contributed by atoms with E-state index in [-0.39, 0.29) is 11.4 Å². The maximum atomic E-state index is 13.2. The molecule has 4 saturated carbocycles. The van der Waals surface area contributed by atoms with E-state index < -0.39 is 5.60 Å². The highest BCUT2D eigenvalue weighted by atomic mass is 35.5. The molecule has 4 aliphatic rings. The molecular weight excluding hydrogens is 346 g/mol. The topological polar surface area (TPSA) is 38.3 Å².